The summed E-state index contributed by atoms with van der Waals surface area (Å²) in [5.41, 5.74) is -1.33. The van der Waals surface area contributed by atoms with E-state index in [-0.39, 0.29) is 26.3 Å². The van der Waals surface area contributed by atoms with Crippen LogP contribution in [0.4, 0.5) is 24.5 Å². The van der Waals surface area contributed by atoms with Crippen LogP contribution in [-0.2, 0) is 21.0 Å². The number of para-hydroxylation sites is 1. The van der Waals surface area contributed by atoms with Crippen molar-refractivity contribution in [2.24, 2.45) is 0 Å². The van der Waals surface area contributed by atoms with E-state index in [4.69, 9.17) is 23.2 Å². The molecule has 32 heavy (non-hydrogen) atoms. The monoisotopic (exact) mass is 502 g/mol. The molecule has 0 unspecified atom stereocenters. The Labute approximate surface area is 192 Å². The largest absolute Gasteiger partial charge is 0.416 e. The predicted octanol–water partition coefficient (Wildman–Crippen LogP) is 5.85. The Morgan fingerprint density at radius 2 is 1.50 bits per heavy atom. The van der Waals surface area contributed by atoms with Crippen molar-refractivity contribution in [3.05, 3.63) is 88.4 Å². The minimum absolute atomic E-state index is 0.0573. The van der Waals surface area contributed by atoms with Gasteiger partial charge >= 0.3 is 6.18 Å². The lowest BCUT2D eigenvalue weighted by molar-refractivity contribution is -0.137. The van der Waals surface area contributed by atoms with Crippen LogP contribution in [0.5, 0.6) is 0 Å². The highest BCUT2D eigenvalue weighted by atomic mass is 35.5. The molecule has 0 spiro atoms. The first kappa shape index (κ1) is 23.9. The molecule has 168 valence electrons. The molecule has 1 N–H and O–H groups in total. The minimum atomic E-state index is -4.70. The van der Waals surface area contributed by atoms with E-state index >= 15 is 0 Å². The standard InChI is InChI=1S/C21H15Cl2F3N2O3S/c22-17-10-5-11-18(23)20(17)27-19(29)13-28(32(30,31)16-8-2-1-3-9-16)15-7-4-6-14(12-15)21(24,25)26/h1-12H,13H2,(H,27,29). The van der Waals surface area contributed by atoms with Gasteiger partial charge in [-0.3, -0.25) is 9.10 Å². The lowest BCUT2D eigenvalue weighted by Gasteiger charge is -2.25. The molecule has 3 aromatic rings. The van der Waals surface area contributed by atoms with Crippen LogP contribution in [0.25, 0.3) is 0 Å². The van der Waals surface area contributed by atoms with E-state index in [0.29, 0.717) is 10.4 Å². The van der Waals surface area contributed by atoms with Crippen LogP contribution in [0.1, 0.15) is 5.56 Å². The number of amides is 1. The van der Waals surface area contributed by atoms with Gasteiger partial charge in [-0.05, 0) is 42.5 Å². The summed E-state index contributed by atoms with van der Waals surface area (Å²) in [6.45, 7) is -0.819. The second-order valence-corrected chi connectivity index (χ2v) is 9.19. The number of carbonyl (C=O) groups is 1. The van der Waals surface area contributed by atoms with Crippen molar-refractivity contribution in [1.29, 1.82) is 0 Å². The Morgan fingerprint density at radius 1 is 0.906 bits per heavy atom. The summed E-state index contributed by atoms with van der Waals surface area (Å²) in [5, 5.41) is 2.64. The molecular formula is C21H15Cl2F3N2O3S. The number of halogens is 5. The topological polar surface area (TPSA) is 66.5 Å². The summed E-state index contributed by atoms with van der Waals surface area (Å²) < 4.78 is 66.7. The number of nitrogens with one attached hydrogen (secondary N) is 1. The van der Waals surface area contributed by atoms with Gasteiger partial charge in [-0.15, -0.1) is 0 Å². The van der Waals surface area contributed by atoms with Gasteiger partial charge in [-0.1, -0.05) is 53.5 Å². The predicted molar refractivity (Wildman–Crippen MR) is 118 cm³/mol. The Hall–Kier alpha value is -2.75. The summed E-state index contributed by atoms with van der Waals surface area (Å²) in [6, 6.07) is 15.2. The fourth-order valence-electron chi connectivity index (χ4n) is 2.80. The first-order valence-electron chi connectivity index (χ1n) is 8.99. The van der Waals surface area contributed by atoms with E-state index in [2.05, 4.69) is 5.32 Å². The van der Waals surface area contributed by atoms with E-state index in [1.807, 2.05) is 0 Å². The van der Waals surface area contributed by atoms with Crippen molar-refractivity contribution in [2.75, 3.05) is 16.2 Å². The van der Waals surface area contributed by atoms with Crippen molar-refractivity contribution in [3.8, 4) is 0 Å². The Balaban J connectivity index is 2.03. The maximum atomic E-state index is 13.2. The van der Waals surface area contributed by atoms with Gasteiger partial charge in [0.05, 0.1) is 31.9 Å². The third-order valence-corrected chi connectivity index (χ3v) is 6.73. The number of rotatable bonds is 6. The van der Waals surface area contributed by atoms with Crippen LogP contribution in [0.15, 0.2) is 77.7 Å². The van der Waals surface area contributed by atoms with Gasteiger partial charge < -0.3 is 5.32 Å². The fraction of sp³-hybridized carbons (Fsp3) is 0.0952. The molecule has 0 radical (unpaired) electrons. The van der Waals surface area contributed by atoms with Crippen molar-refractivity contribution in [1.82, 2.24) is 0 Å². The zero-order valence-corrected chi connectivity index (χ0v) is 18.4. The molecular weight excluding hydrogens is 488 g/mol. The quantitative estimate of drug-likeness (QED) is 0.459. The number of carbonyl (C=O) groups excluding carboxylic acids is 1. The zero-order chi connectivity index (χ0) is 23.5. The average molecular weight is 503 g/mol. The van der Waals surface area contributed by atoms with Gasteiger partial charge in [-0.2, -0.15) is 13.2 Å². The molecule has 0 bridgehead atoms. The minimum Gasteiger partial charge on any atom is -0.322 e. The van der Waals surface area contributed by atoms with Crippen LogP contribution < -0.4 is 9.62 Å². The highest BCUT2D eigenvalue weighted by Gasteiger charge is 2.33. The van der Waals surface area contributed by atoms with Gasteiger partial charge in [0.15, 0.2) is 0 Å². The molecule has 3 aromatic carbocycles. The lowest BCUT2D eigenvalue weighted by atomic mass is 10.2. The normalized spacial score (nSPS) is 11.8. The second kappa shape index (κ2) is 9.40. The van der Waals surface area contributed by atoms with Crippen LogP contribution >= 0.6 is 23.2 Å². The Morgan fingerprint density at radius 3 is 2.09 bits per heavy atom. The van der Waals surface area contributed by atoms with Crippen LogP contribution in [0, 0.1) is 0 Å². The van der Waals surface area contributed by atoms with Crippen LogP contribution in [0.3, 0.4) is 0 Å². The summed E-state index contributed by atoms with van der Waals surface area (Å²) in [6.07, 6.45) is -4.70. The molecule has 11 heteroatoms. The van der Waals surface area contributed by atoms with Gasteiger partial charge in [0.1, 0.15) is 6.54 Å². The van der Waals surface area contributed by atoms with Gasteiger partial charge in [0, 0.05) is 0 Å². The number of sulfonamides is 1. The third kappa shape index (κ3) is 5.35. The number of hydrogen-bond acceptors (Lipinski definition) is 3. The zero-order valence-electron chi connectivity index (χ0n) is 16.1. The maximum absolute atomic E-state index is 13.2. The van der Waals surface area contributed by atoms with Crippen molar-refractivity contribution in [2.45, 2.75) is 11.1 Å². The van der Waals surface area contributed by atoms with Gasteiger partial charge in [0.25, 0.3) is 10.0 Å². The molecule has 0 aliphatic rings. The number of alkyl halides is 3. The molecule has 0 fully saturated rings. The Kier molecular flexibility index (Phi) is 7.02. The maximum Gasteiger partial charge on any atom is 0.416 e. The van der Waals surface area contributed by atoms with E-state index in [1.54, 1.807) is 12.1 Å². The molecule has 3 rings (SSSR count). The highest BCUT2D eigenvalue weighted by molar-refractivity contribution is 7.92. The van der Waals surface area contributed by atoms with E-state index in [0.717, 1.165) is 12.1 Å². The average Bonchev–Trinajstić information content (AvgIpc) is 2.75. The number of nitrogens with zero attached hydrogens (tertiary/aromatic N) is 1. The van der Waals surface area contributed by atoms with Crippen LogP contribution in [0.2, 0.25) is 10.0 Å². The molecule has 0 aliphatic carbocycles. The molecule has 0 aliphatic heterocycles. The molecule has 0 heterocycles. The number of anilines is 2. The van der Waals surface area contributed by atoms with Gasteiger partial charge in [-0.25, -0.2) is 8.42 Å². The smallest absolute Gasteiger partial charge is 0.322 e. The van der Waals surface area contributed by atoms with Crippen molar-refractivity contribution < 1.29 is 26.4 Å². The lowest BCUT2D eigenvalue weighted by Crippen LogP contribution is -2.38. The SMILES string of the molecule is O=C(CN(c1cccc(C(F)(F)F)c1)S(=O)(=O)c1ccccc1)Nc1c(Cl)cccc1Cl. The molecule has 5 nitrogen and oxygen atoms in total. The van der Waals surface area contributed by atoms with E-state index in [1.165, 1.54) is 42.5 Å². The van der Waals surface area contributed by atoms with Crippen LogP contribution in [-0.4, -0.2) is 20.9 Å². The summed E-state index contributed by atoms with van der Waals surface area (Å²) in [4.78, 5) is 12.5. The van der Waals surface area contributed by atoms with E-state index < -0.39 is 34.2 Å². The third-order valence-electron chi connectivity index (χ3n) is 4.31. The molecule has 0 atom stereocenters. The first-order valence-corrected chi connectivity index (χ1v) is 11.2. The molecule has 0 saturated heterocycles. The highest BCUT2D eigenvalue weighted by Crippen LogP contribution is 2.34. The molecule has 0 aromatic heterocycles. The van der Waals surface area contributed by atoms with Crippen molar-refractivity contribution >= 4 is 50.5 Å². The fourth-order valence-corrected chi connectivity index (χ4v) is 4.72. The molecule has 1 amide bonds. The first-order chi connectivity index (χ1) is 15.0. The van der Waals surface area contributed by atoms with Gasteiger partial charge in [0.2, 0.25) is 5.91 Å². The number of benzene rings is 3. The summed E-state index contributed by atoms with van der Waals surface area (Å²) in [7, 11) is -4.38. The summed E-state index contributed by atoms with van der Waals surface area (Å²) >= 11 is 12.1. The number of hydrogen-bond donors (Lipinski definition) is 1. The van der Waals surface area contributed by atoms with Crippen molar-refractivity contribution in [3.63, 3.8) is 0 Å². The molecule has 0 saturated carbocycles. The summed E-state index contributed by atoms with van der Waals surface area (Å²) in [5.74, 6) is -0.850. The second-order valence-electron chi connectivity index (χ2n) is 6.52. The van der Waals surface area contributed by atoms with E-state index in [9.17, 15) is 26.4 Å². The Bertz CT molecular complexity index is 1220.